The highest BCUT2D eigenvalue weighted by molar-refractivity contribution is 5.86. The molecule has 1 aliphatic rings. The summed E-state index contributed by atoms with van der Waals surface area (Å²) in [5.74, 6) is 0.435. The molecule has 0 N–H and O–H groups in total. The molecule has 0 saturated heterocycles. The molecule has 0 unspecified atom stereocenters. The molecule has 1 aromatic heterocycles. The summed E-state index contributed by atoms with van der Waals surface area (Å²) >= 11 is 0. The van der Waals surface area contributed by atoms with Crippen LogP contribution in [0.1, 0.15) is 50.3 Å². The minimum Gasteiger partial charge on any atom is -0.248 e. The third-order valence-electron chi connectivity index (χ3n) is 6.25. The molecule has 1 heteroatoms. The number of nitrogens with zero attached hydrogens (tertiary/aromatic N) is 1. The first-order valence-corrected chi connectivity index (χ1v) is 10.1. The maximum absolute atomic E-state index is 5.01. The highest BCUT2D eigenvalue weighted by Gasteiger charge is 2.36. The minimum atomic E-state index is 0.00698. The molecule has 138 valence electrons. The van der Waals surface area contributed by atoms with Crippen LogP contribution in [-0.2, 0) is 5.41 Å². The fourth-order valence-electron chi connectivity index (χ4n) is 4.68. The quantitative estimate of drug-likeness (QED) is 0.363. The predicted molar refractivity (Wildman–Crippen MR) is 119 cm³/mol. The molecule has 4 aromatic rings. The Labute approximate surface area is 167 Å². The van der Waals surface area contributed by atoms with Gasteiger partial charge in [-0.15, -0.1) is 0 Å². The van der Waals surface area contributed by atoms with Crippen LogP contribution in [0.5, 0.6) is 0 Å². The molecule has 5 rings (SSSR count). The molecule has 1 nitrogen and oxygen atoms in total. The van der Waals surface area contributed by atoms with Crippen molar-refractivity contribution in [2.75, 3.05) is 0 Å². The van der Waals surface area contributed by atoms with Crippen LogP contribution in [0.3, 0.4) is 0 Å². The van der Waals surface area contributed by atoms with Crippen molar-refractivity contribution in [1.29, 1.82) is 0 Å². The Kier molecular flexibility index (Phi) is 3.71. The van der Waals surface area contributed by atoms with E-state index in [1.165, 1.54) is 38.8 Å². The van der Waals surface area contributed by atoms with Gasteiger partial charge >= 0.3 is 0 Å². The van der Waals surface area contributed by atoms with Gasteiger partial charge in [0.15, 0.2) is 0 Å². The van der Waals surface area contributed by atoms with E-state index in [0.717, 1.165) is 11.2 Å². The first kappa shape index (κ1) is 17.2. The number of aromatic nitrogens is 1. The smallest absolute Gasteiger partial charge is 0.0712 e. The van der Waals surface area contributed by atoms with E-state index in [2.05, 4.69) is 100 Å². The van der Waals surface area contributed by atoms with Gasteiger partial charge in [0.2, 0.25) is 0 Å². The number of hydrogen-bond acceptors (Lipinski definition) is 1. The highest BCUT2D eigenvalue weighted by atomic mass is 14.7. The normalized spacial score (nSPS) is 14.3. The van der Waals surface area contributed by atoms with Crippen LogP contribution < -0.4 is 0 Å². The molecule has 0 aliphatic heterocycles. The maximum Gasteiger partial charge on any atom is 0.0712 e. The van der Waals surface area contributed by atoms with Gasteiger partial charge in [0.05, 0.1) is 11.2 Å². The van der Waals surface area contributed by atoms with Crippen LogP contribution in [0.25, 0.3) is 33.3 Å². The van der Waals surface area contributed by atoms with Crippen molar-refractivity contribution >= 4 is 10.9 Å². The molecular weight excluding hydrogens is 338 g/mol. The van der Waals surface area contributed by atoms with Gasteiger partial charge in [-0.05, 0) is 58.0 Å². The molecule has 28 heavy (non-hydrogen) atoms. The molecule has 0 spiro atoms. The average molecular weight is 364 g/mol. The Bertz CT molecular complexity index is 1210. The standard InChI is InChI=1S/C27H25N/c1-17(2)20-15-21-19-10-6-7-11-23(19)27(3,4)24(21)16-22(20)26-14-13-18-9-5-8-12-25(18)28-26/h5-17H,1-4H3. The lowest BCUT2D eigenvalue weighted by Crippen LogP contribution is -2.15. The van der Waals surface area contributed by atoms with E-state index in [9.17, 15) is 0 Å². The Hall–Kier alpha value is -2.93. The Morgan fingerprint density at radius 2 is 1.46 bits per heavy atom. The average Bonchev–Trinajstić information content (AvgIpc) is 2.94. The summed E-state index contributed by atoms with van der Waals surface area (Å²) in [6.07, 6.45) is 0. The fraction of sp³-hybridized carbons (Fsp3) is 0.222. The van der Waals surface area contributed by atoms with Crippen molar-refractivity contribution in [2.45, 2.75) is 39.0 Å². The van der Waals surface area contributed by atoms with Crippen LogP contribution >= 0.6 is 0 Å². The molecule has 0 radical (unpaired) electrons. The molecular formula is C27H25N. The second-order valence-corrected chi connectivity index (χ2v) is 8.70. The van der Waals surface area contributed by atoms with Crippen molar-refractivity contribution in [3.63, 3.8) is 0 Å². The van der Waals surface area contributed by atoms with Crippen molar-refractivity contribution in [2.24, 2.45) is 0 Å². The Morgan fingerprint density at radius 1 is 0.714 bits per heavy atom. The summed E-state index contributed by atoms with van der Waals surface area (Å²) in [5, 5.41) is 1.19. The van der Waals surface area contributed by atoms with E-state index >= 15 is 0 Å². The number of para-hydroxylation sites is 1. The highest BCUT2D eigenvalue weighted by Crippen LogP contribution is 2.50. The SMILES string of the molecule is CC(C)c1cc2c(cc1-c1ccc3ccccc3n1)C(C)(C)c1ccccc1-2. The van der Waals surface area contributed by atoms with Gasteiger partial charge in [0.1, 0.15) is 0 Å². The van der Waals surface area contributed by atoms with E-state index in [-0.39, 0.29) is 5.41 Å². The summed E-state index contributed by atoms with van der Waals surface area (Å²) in [4.78, 5) is 5.01. The van der Waals surface area contributed by atoms with E-state index in [0.29, 0.717) is 5.92 Å². The van der Waals surface area contributed by atoms with Crippen LogP contribution in [0.15, 0.2) is 72.8 Å². The summed E-state index contributed by atoms with van der Waals surface area (Å²) < 4.78 is 0. The van der Waals surface area contributed by atoms with Gasteiger partial charge in [-0.3, -0.25) is 0 Å². The minimum absolute atomic E-state index is 0.00698. The maximum atomic E-state index is 5.01. The second-order valence-electron chi connectivity index (χ2n) is 8.70. The molecule has 0 fully saturated rings. The van der Waals surface area contributed by atoms with Gasteiger partial charge in [-0.2, -0.15) is 0 Å². The van der Waals surface area contributed by atoms with Gasteiger partial charge in [0, 0.05) is 16.4 Å². The van der Waals surface area contributed by atoms with Crippen LogP contribution in [0.2, 0.25) is 0 Å². The van der Waals surface area contributed by atoms with Gasteiger partial charge < -0.3 is 0 Å². The second kappa shape index (κ2) is 6.04. The Balaban J connectivity index is 1.79. The van der Waals surface area contributed by atoms with Crippen molar-refractivity contribution in [1.82, 2.24) is 4.98 Å². The third-order valence-corrected chi connectivity index (χ3v) is 6.25. The largest absolute Gasteiger partial charge is 0.248 e. The molecule has 3 aromatic carbocycles. The third kappa shape index (κ3) is 2.43. The predicted octanol–water partition coefficient (Wildman–Crippen LogP) is 7.33. The topological polar surface area (TPSA) is 12.9 Å². The molecule has 1 heterocycles. The van der Waals surface area contributed by atoms with Crippen LogP contribution in [0, 0.1) is 0 Å². The summed E-state index contributed by atoms with van der Waals surface area (Å²) in [5.41, 5.74) is 10.3. The lowest BCUT2D eigenvalue weighted by molar-refractivity contribution is 0.660. The molecule has 0 saturated carbocycles. The summed E-state index contributed by atoms with van der Waals surface area (Å²) in [6, 6.07) is 26.4. The van der Waals surface area contributed by atoms with Crippen LogP contribution in [-0.4, -0.2) is 4.98 Å². The zero-order chi connectivity index (χ0) is 19.5. The first-order valence-electron chi connectivity index (χ1n) is 10.1. The van der Waals surface area contributed by atoms with Crippen LogP contribution in [0.4, 0.5) is 0 Å². The lowest BCUT2D eigenvalue weighted by atomic mass is 9.80. The van der Waals surface area contributed by atoms with Gasteiger partial charge in [-0.25, -0.2) is 4.98 Å². The summed E-state index contributed by atoms with van der Waals surface area (Å²) in [6.45, 7) is 9.23. The number of rotatable bonds is 2. The zero-order valence-electron chi connectivity index (χ0n) is 17.0. The van der Waals surface area contributed by atoms with E-state index in [4.69, 9.17) is 4.98 Å². The van der Waals surface area contributed by atoms with Gasteiger partial charge in [0.25, 0.3) is 0 Å². The van der Waals surface area contributed by atoms with Crippen molar-refractivity contribution in [3.05, 3.63) is 89.5 Å². The molecule has 0 atom stereocenters. The lowest BCUT2D eigenvalue weighted by Gasteiger charge is -2.23. The molecule has 0 bridgehead atoms. The molecule has 0 amide bonds. The number of hydrogen-bond donors (Lipinski definition) is 0. The molecule has 1 aliphatic carbocycles. The van der Waals surface area contributed by atoms with E-state index < -0.39 is 0 Å². The zero-order valence-corrected chi connectivity index (χ0v) is 17.0. The number of fused-ring (bicyclic) bond motifs is 4. The van der Waals surface area contributed by atoms with E-state index in [1.54, 1.807) is 0 Å². The monoisotopic (exact) mass is 363 g/mol. The Morgan fingerprint density at radius 3 is 2.29 bits per heavy atom. The van der Waals surface area contributed by atoms with Crippen molar-refractivity contribution < 1.29 is 0 Å². The summed E-state index contributed by atoms with van der Waals surface area (Å²) in [7, 11) is 0. The number of benzene rings is 3. The van der Waals surface area contributed by atoms with Crippen molar-refractivity contribution in [3.8, 4) is 22.4 Å². The first-order chi connectivity index (χ1) is 13.5. The van der Waals surface area contributed by atoms with Gasteiger partial charge in [-0.1, -0.05) is 76.2 Å². The number of pyridine rings is 1. The van der Waals surface area contributed by atoms with E-state index in [1.807, 2.05) is 0 Å². The fourth-order valence-corrected chi connectivity index (χ4v) is 4.68.